The summed E-state index contributed by atoms with van der Waals surface area (Å²) < 4.78 is 24.9. The average molecular weight is 359 g/mol. The van der Waals surface area contributed by atoms with Gasteiger partial charge in [-0.15, -0.1) is 0 Å². The van der Waals surface area contributed by atoms with Crippen molar-refractivity contribution < 1.29 is 18.0 Å². The van der Waals surface area contributed by atoms with Crippen LogP contribution in [0.5, 0.6) is 0 Å². The van der Waals surface area contributed by atoms with Crippen molar-refractivity contribution in [2.75, 3.05) is 21.6 Å². The van der Waals surface area contributed by atoms with Crippen molar-refractivity contribution >= 4 is 38.9 Å². The second-order valence-electron chi connectivity index (χ2n) is 5.83. The van der Waals surface area contributed by atoms with Gasteiger partial charge >= 0.3 is 0 Å². The Balaban J connectivity index is 1.76. The van der Waals surface area contributed by atoms with Crippen LogP contribution in [0, 0.1) is 0 Å². The highest BCUT2D eigenvalue weighted by molar-refractivity contribution is 7.92. The van der Waals surface area contributed by atoms with E-state index in [0.717, 1.165) is 17.5 Å². The van der Waals surface area contributed by atoms with Crippen LogP contribution < -0.4 is 15.4 Å². The van der Waals surface area contributed by atoms with Crippen molar-refractivity contribution in [2.24, 2.45) is 0 Å². The fraction of sp³-hybridized carbons (Fsp3) is 0.176. The highest BCUT2D eigenvalue weighted by Gasteiger charge is 2.16. The minimum Gasteiger partial charge on any atom is -0.326 e. The number of hydrogen-bond acceptors (Lipinski definition) is 4. The molecule has 0 bridgehead atoms. The molecule has 0 fully saturated rings. The van der Waals surface area contributed by atoms with E-state index in [1.165, 1.54) is 6.07 Å². The quantitative estimate of drug-likeness (QED) is 0.778. The molecule has 0 atom stereocenters. The molecule has 1 aliphatic rings. The number of carbonyl (C=O) groups excluding carboxylic acids is 2. The Hall–Kier alpha value is -2.87. The summed E-state index contributed by atoms with van der Waals surface area (Å²) in [5, 5.41) is 5.51. The Bertz CT molecular complexity index is 954. The van der Waals surface area contributed by atoms with Crippen LogP contribution in [-0.2, 0) is 21.2 Å². The van der Waals surface area contributed by atoms with Gasteiger partial charge in [0, 0.05) is 23.4 Å². The molecule has 0 saturated heterocycles. The first kappa shape index (κ1) is 17.0. The largest absolute Gasteiger partial charge is 0.326 e. The number of benzene rings is 2. The molecule has 0 saturated carbocycles. The third-order valence-electron chi connectivity index (χ3n) is 3.69. The van der Waals surface area contributed by atoms with Crippen LogP contribution in [0.1, 0.15) is 22.3 Å². The van der Waals surface area contributed by atoms with Gasteiger partial charge in [0.15, 0.2) is 0 Å². The molecule has 130 valence electrons. The molecule has 2 aromatic carbocycles. The number of aryl methyl sites for hydroxylation is 1. The lowest BCUT2D eigenvalue weighted by Crippen LogP contribution is -2.20. The minimum absolute atomic E-state index is 0.0279. The summed E-state index contributed by atoms with van der Waals surface area (Å²) in [5.74, 6) is -0.337. The number of rotatable bonds is 4. The summed E-state index contributed by atoms with van der Waals surface area (Å²) in [5.41, 5.74) is 2.96. The number of sulfonamides is 1. The van der Waals surface area contributed by atoms with Gasteiger partial charge < -0.3 is 10.6 Å². The smallest absolute Gasteiger partial charge is 0.255 e. The van der Waals surface area contributed by atoms with Gasteiger partial charge in [-0.25, -0.2) is 8.42 Å². The lowest BCUT2D eigenvalue weighted by Gasteiger charge is -2.17. The molecule has 7 nitrogen and oxygen atoms in total. The lowest BCUT2D eigenvalue weighted by atomic mass is 10.00. The topological polar surface area (TPSA) is 104 Å². The van der Waals surface area contributed by atoms with Gasteiger partial charge in [-0.05, 0) is 48.4 Å². The first-order valence-corrected chi connectivity index (χ1v) is 9.51. The molecule has 0 radical (unpaired) electrons. The zero-order valence-corrected chi connectivity index (χ0v) is 14.3. The zero-order chi connectivity index (χ0) is 18.0. The summed E-state index contributed by atoms with van der Waals surface area (Å²) in [4.78, 5) is 23.8. The number of fused-ring (bicyclic) bond motifs is 1. The van der Waals surface area contributed by atoms with Crippen LogP contribution in [0.25, 0.3) is 0 Å². The molecule has 25 heavy (non-hydrogen) atoms. The van der Waals surface area contributed by atoms with E-state index >= 15 is 0 Å². The van der Waals surface area contributed by atoms with E-state index in [1.54, 1.807) is 36.4 Å². The molecule has 3 N–H and O–H groups in total. The molecule has 8 heteroatoms. The number of amides is 2. The Morgan fingerprint density at radius 3 is 2.60 bits per heavy atom. The number of hydrogen-bond donors (Lipinski definition) is 3. The van der Waals surface area contributed by atoms with Crippen molar-refractivity contribution in [1.29, 1.82) is 0 Å². The van der Waals surface area contributed by atoms with Gasteiger partial charge in [-0.1, -0.05) is 6.07 Å². The number of carbonyl (C=O) groups is 2. The molecule has 2 amide bonds. The van der Waals surface area contributed by atoms with Gasteiger partial charge in [0.05, 0.1) is 11.9 Å². The summed E-state index contributed by atoms with van der Waals surface area (Å²) in [6.07, 6.45) is 2.05. The van der Waals surface area contributed by atoms with Crippen molar-refractivity contribution in [3.05, 3.63) is 53.6 Å². The molecule has 0 spiro atoms. The molecule has 3 rings (SSSR count). The molecule has 0 aliphatic carbocycles. The van der Waals surface area contributed by atoms with Crippen LogP contribution in [-0.4, -0.2) is 26.5 Å². The Morgan fingerprint density at radius 1 is 1.08 bits per heavy atom. The SMILES string of the molecule is CS(=O)(=O)Nc1cccc(NC(=O)c2ccc3c(c2)CCC(=O)N3)c1. The lowest BCUT2D eigenvalue weighted by molar-refractivity contribution is -0.116. The normalized spacial score (nSPS) is 13.6. The van der Waals surface area contributed by atoms with Crippen LogP contribution in [0.15, 0.2) is 42.5 Å². The zero-order valence-electron chi connectivity index (χ0n) is 13.5. The van der Waals surface area contributed by atoms with Crippen LogP contribution in [0.2, 0.25) is 0 Å². The molecular formula is C17H17N3O4S. The third-order valence-corrected chi connectivity index (χ3v) is 4.29. The van der Waals surface area contributed by atoms with Gasteiger partial charge in [0.2, 0.25) is 15.9 Å². The van der Waals surface area contributed by atoms with Crippen molar-refractivity contribution in [3.63, 3.8) is 0 Å². The minimum atomic E-state index is -3.39. The fourth-order valence-corrected chi connectivity index (χ4v) is 3.16. The van der Waals surface area contributed by atoms with Crippen molar-refractivity contribution in [3.8, 4) is 0 Å². The molecular weight excluding hydrogens is 342 g/mol. The highest BCUT2D eigenvalue weighted by atomic mass is 32.2. The van der Waals surface area contributed by atoms with E-state index in [9.17, 15) is 18.0 Å². The van der Waals surface area contributed by atoms with E-state index in [1.807, 2.05) is 0 Å². The highest BCUT2D eigenvalue weighted by Crippen LogP contribution is 2.24. The fourth-order valence-electron chi connectivity index (χ4n) is 2.60. The first-order valence-electron chi connectivity index (χ1n) is 7.62. The Labute approximate surface area is 145 Å². The van der Waals surface area contributed by atoms with E-state index in [0.29, 0.717) is 29.8 Å². The van der Waals surface area contributed by atoms with Crippen LogP contribution in [0.3, 0.4) is 0 Å². The van der Waals surface area contributed by atoms with Gasteiger partial charge in [0.1, 0.15) is 0 Å². The standard InChI is InChI=1S/C17H17N3O4S/c1-25(23,24)20-14-4-2-3-13(10-14)18-17(22)12-5-7-15-11(9-12)6-8-16(21)19-15/h2-5,7,9-10,20H,6,8H2,1H3,(H,18,22)(H,19,21). The summed E-state index contributed by atoms with van der Waals surface area (Å²) >= 11 is 0. The second-order valence-corrected chi connectivity index (χ2v) is 7.58. The van der Waals surface area contributed by atoms with Crippen molar-refractivity contribution in [1.82, 2.24) is 0 Å². The molecule has 1 heterocycles. The monoisotopic (exact) mass is 359 g/mol. The van der Waals surface area contributed by atoms with E-state index < -0.39 is 10.0 Å². The maximum atomic E-state index is 12.4. The third kappa shape index (κ3) is 4.36. The van der Waals surface area contributed by atoms with E-state index in [4.69, 9.17) is 0 Å². The Morgan fingerprint density at radius 2 is 1.84 bits per heavy atom. The van der Waals surface area contributed by atoms with Crippen LogP contribution >= 0.6 is 0 Å². The predicted octanol–water partition coefficient (Wildman–Crippen LogP) is 2.20. The van der Waals surface area contributed by atoms with Gasteiger partial charge in [-0.3, -0.25) is 14.3 Å². The average Bonchev–Trinajstić information content (AvgIpc) is 2.53. The first-order chi connectivity index (χ1) is 11.8. The molecule has 0 aromatic heterocycles. The second kappa shape index (κ2) is 6.56. The maximum Gasteiger partial charge on any atom is 0.255 e. The summed E-state index contributed by atoms with van der Waals surface area (Å²) in [6.45, 7) is 0. The van der Waals surface area contributed by atoms with Crippen molar-refractivity contribution in [2.45, 2.75) is 12.8 Å². The summed E-state index contributed by atoms with van der Waals surface area (Å²) in [6, 6.07) is 11.6. The molecule has 2 aromatic rings. The van der Waals surface area contributed by atoms with Gasteiger partial charge in [-0.2, -0.15) is 0 Å². The Kier molecular flexibility index (Phi) is 4.45. The van der Waals surface area contributed by atoms with E-state index in [2.05, 4.69) is 15.4 Å². The van der Waals surface area contributed by atoms with Gasteiger partial charge in [0.25, 0.3) is 5.91 Å². The number of nitrogens with one attached hydrogen (secondary N) is 3. The van der Waals surface area contributed by atoms with Crippen LogP contribution in [0.4, 0.5) is 17.1 Å². The van der Waals surface area contributed by atoms with E-state index in [-0.39, 0.29) is 11.8 Å². The molecule has 0 unspecified atom stereocenters. The maximum absolute atomic E-state index is 12.4. The summed E-state index contributed by atoms with van der Waals surface area (Å²) in [7, 11) is -3.39. The molecule has 1 aliphatic heterocycles. The predicted molar refractivity (Wildman–Crippen MR) is 96.3 cm³/mol. The number of anilines is 3.